The molecule has 1 amide bonds. The van der Waals surface area contributed by atoms with Crippen molar-refractivity contribution in [2.75, 3.05) is 6.79 Å². The van der Waals surface area contributed by atoms with Gasteiger partial charge in [-0.05, 0) is 54.0 Å². The van der Waals surface area contributed by atoms with E-state index in [1.54, 1.807) is 0 Å². The molecule has 5 rings (SSSR count). The molecule has 2 aliphatic rings. The number of amides is 1. The van der Waals surface area contributed by atoms with Gasteiger partial charge in [-0.3, -0.25) is 4.79 Å². The van der Waals surface area contributed by atoms with Crippen LogP contribution in [0.3, 0.4) is 0 Å². The van der Waals surface area contributed by atoms with Crippen LogP contribution in [-0.2, 0) is 4.79 Å². The number of thioether (sulfide) groups is 1. The molecule has 3 aromatic rings. The number of hydrogen-bond donors (Lipinski definition) is 1. The number of hydrogen-bond acceptors (Lipinski definition) is 6. The topological polar surface area (TPSA) is 56.8 Å². The molecular formula is C25H19NO4S2. The number of carbonyl (C=O) groups is 1. The van der Waals surface area contributed by atoms with Crippen molar-refractivity contribution in [1.82, 2.24) is 5.32 Å². The van der Waals surface area contributed by atoms with Crippen molar-refractivity contribution in [2.24, 2.45) is 0 Å². The summed E-state index contributed by atoms with van der Waals surface area (Å²) >= 11 is 6.39. The number of rotatable bonds is 5. The van der Waals surface area contributed by atoms with Crippen LogP contribution in [0.2, 0.25) is 0 Å². The van der Waals surface area contributed by atoms with Crippen molar-refractivity contribution in [3.8, 4) is 28.4 Å². The van der Waals surface area contributed by atoms with Gasteiger partial charge in [-0.15, -0.1) is 0 Å². The summed E-state index contributed by atoms with van der Waals surface area (Å²) in [5.41, 5.74) is 3.82. The quantitative estimate of drug-likeness (QED) is 0.388. The van der Waals surface area contributed by atoms with Crippen molar-refractivity contribution in [1.29, 1.82) is 0 Å². The molecule has 1 unspecified atom stereocenters. The SMILES string of the molecule is CC(Oc1ccc(-c2ccc3c(c2)OCO3)cc1/C=C1/SC(=S)NC1=O)c1ccccc1. The minimum Gasteiger partial charge on any atom is -0.485 e. The molecule has 0 bridgehead atoms. The molecule has 1 N–H and O–H groups in total. The first-order valence-electron chi connectivity index (χ1n) is 10.1. The third-order valence-corrected chi connectivity index (χ3v) is 6.38. The van der Waals surface area contributed by atoms with Gasteiger partial charge >= 0.3 is 0 Å². The molecule has 1 saturated heterocycles. The first-order valence-corrected chi connectivity index (χ1v) is 11.3. The number of thiocarbonyl (C=S) groups is 1. The van der Waals surface area contributed by atoms with Gasteiger partial charge in [-0.25, -0.2) is 0 Å². The van der Waals surface area contributed by atoms with Gasteiger partial charge in [0.2, 0.25) is 6.79 Å². The van der Waals surface area contributed by atoms with Gasteiger partial charge in [0.15, 0.2) is 11.5 Å². The number of benzene rings is 3. The smallest absolute Gasteiger partial charge is 0.263 e. The van der Waals surface area contributed by atoms with Crippen molar-refractivity contribution >= 4 is 40.3 Å². The van der Waals surface area contributed by atoms with E-state index < -0.39 is 0 Å². The highest BCUT2D eigenvalue weighted by molar-refractivity contribution is 8.26. The summed E-state index contributed by atoms with van der Waals surface area (Å²) in [5.74, 6) is 1.94. The van der Waals surface area contributed by atoms with Gasteiger partial charge in [0, 0.05) is 5.56 Å². The van der Waals surface area contributed by atoms with Crippen LogP contribution in [0.1, 0.15) is 24.2 Å². The van der Waals surface area contributed by atoms with Gasteiger partial charge in [0.25, 0.3) is 5.91 Å². The fraction of sp³-hybridized carbons (Fsp3) is 0.120. The predicted octanol–water partition coefficient (Wildman–Crippen LogP) is 5.71. The highest BCUT2D eigenvalue weighted by atomic mass is 32.2. The lowest BCUT2D eigenvalue weighted by atomic mass is 10.0. The minimum absolute atomic E-state index is 0.157. The molecule has 0 spiro atoms. The Morgan fingerprint density at radius 2 is 1.78 bits per heavy atom. The number of fused-ring (bicyclic) bond motifs is 1. The highest BCUT2D eigenvalue weighted by Crippen LogP contribution is 2.38. The first kappa shape index (κ1) is 20.6. The van der Waals surface area contributed by atoms with E-state index in [4.69, 9.17) is 26.4 Å². The van der Waals surface area contributed by atoms with E-state index in [9.17, 15) is 4.79 Å². The summed E-state index contributed by atoms with van der Waals surface area (Å²) in [7, 11) is 0. The molecule has 32 heavy (non-hydrogen) atoms. The van der Waals surface area contributed by atoms with Gasteiger partial charge in [0.05, 0.1) is 4.91 Å². The van der Waals surface area contributed by atoms with Gasteiger partial charge < -0.3 is 19.5 Å². The van der Waals surface area contributed by atoms with Crippen LogP contribution in [-0.4, -0.2) is 17.0 Å². The maximum atomic E-state index is 12.3. The fourth-order valence-corrected chi connectivity index (χ4v) is 4.60. The maximum absolute atomic E-state index is 12.3. The van der Waals surface area contributed by atoms with Crippen LogP contribution in [0.25, 0.3) is 17.2 Å². The summed E-state index contributed by atoms with van der Waals surface area (Å²) in [6.45, 7) is 2.23. The van der Waals surface area contributed by atoms with E-state index in [2.05, 4.69) is 5.32 Å². The van der Waals surface area contributed by atoms with Crippen LogP contribution in [0, 0.1) is 0 Å². The largest absolute Gasteiger partial charge is 0.485 e. The summed E-state index contributed by atoms with van der Waals surface area (Å²) in [6.07, 6.45) is 1.67. The molecule has 2 heterocycles. The molecule has 160 valence electrons. The Morgan fingerprint density at radius 3 is 2.56 bits per heavy atom. The van der Waals surface area contributed by atoms with E-state index in [1.807, 2.05) is 79.7 Å². The Hall–Kier alpha value is -3.29. The van der Waals surface area contributed by atoms with E-state index in [0.717, 1.165) is 33.8 Å². The highest BCUT2D eigenvalue weighted by Gasteiger charge is 2.23. The molecule has 2 aliphatic heterocycles. The number of carbonyl (C=O) groups excluding carboxylic acids is 1. The second-order valence-electron chi connectivity index (χ2n) is 7.34. The van der Waals surface area contributed by atoms with Crippen LogP contribution in [0.5, 0.6) is 17.2 Å². The normalized spacial score (nSPS) is 16.8. The standard InChI is InChI=1S/C25H19NO4S2/c1-15(16-5-3-2-4-6-16)30-20-9-7-17(18-8-10-21-22(12-18)29-14-28-21)11-19(20)13-23-24(27)26-25(31)32-23/h2-13,15H,14H2,1H3,(H,26,27,31)/b23-13+. The minimum atomic E-state index is -0.199. The van der Waals surface area contributed by atoms with E-state index >= 15 is 0 Å². The van der Waals surface area contributed by atoms with Crippen molar-refractivity contribution < 1.29 is 19.0 Å². The molecule has 0 saturated carbocycles. The Bertz CT molecular complexity index is 1240. The molecular weight excluding hydrogens is 442 g/mol. The van der Waals surface area contributed by atoms with Crippen molar-refractivity contribution in [2.45, 2.75) is 13.0 Å². The zero-order chi connectivity index (χ0) is 22.1. The van der Waals surface area contributed by atoms with E-state index in [-0.39, 0.29) is 18.8 Å². The lowest BCUT2D eigenvalue weighted by molar-refractivity contribution is -0.115. The maximum Gasteiger partial charge on any atom is 0.263 e. The zero-order valence-corrected chi connectivity index (χ0v) is 18.8. The molecule has 1 fully saturated rings. The van der Waals surface area contributed by atoms with Crippen LogP contribution in [0.4, 0.5) is 0 Å². The molecule has 0 aromatic heterocycles. The van der Waals surface area contributed by atoms with E-state index in [1.165, 1.54) is 11.8 Å². The summed E-state index contributed by atoms with van der Waals surface area (Å²) in [5, 5.41) is 2.66. The van der Waals surface area contributed by atoms with Crippen LogP contribution >= 0.6 is 24.0 Å². The zero-order valence-electron chi connectivity index (χ0n) is 17.2. The summed E-state index contributed by atoms with van der Waals surface area (Å²) in [4.78, 5) is 12.8. The molecule has 1 atom stereocenters. The van der Waals surface area contributed by atoms with Crippen LogP contribution in [0.15, 0.2) is 71.6 Å². The first-order chi connectivity index (χ1) is 15.6. The molecule has 0 aliphatic carbocycles. The Morgan fingerprint density at radius 1 is 1.03 bits per heavy atom. The van der Waals surface area contributed by atoms with Gasteiger partial charge in [0.1, 0.15) is 16.2 Å². The number of nitrogens with one attached hydrogen (secondary N) is 1. The fourth-order valence-electron chi connectivity index (χ4n) is 3.57. The van der Waals surface area contributed by atoms with E-state index in [0.29, 0.717) is 15.0 Å². The average molecular weight is 462 g/mol. The van der Waals surface area contributed by atoms with Crippen molar-refractivity contribution in [3.05, 3.63) is 82.8 Å². The third kappa shape index (κ3) is 4.22. The second kappa shape index (κ2) is 8.68. The predicted molar refractivity (Wildman–Crippen MR) is 130 cm³/mol. The van der Waals surface area contributed by atoms with Crippen molar-refractivity contribution in [3.63, 3.8) is 0 Å². The Balaban J connectivity index is 1.53. The molecule has 3 aromatic carbocycles. The van der Waals surface area contributed by atoms with Gasteiger partial charge in [-0.1, -0.05) is 66.4 Å². The molecule has 7 heteroatoms. The van der Waals surface area contributed by atoms with Crippen LogP contribution < -0.4 is 19.5 Å². The lowest BCUT2D eigenvalue weighted by Crippen LogP contribution is -2.17. The Labute approximate surface area is 195 Å². The Kier molecular flexibility index (Phi) is 5.59. The third-order valence-electron chi connectivity index (χ3n) is 5.22. The average Bonchev–Trinajstić information content (AvgIpc) is 3.40. The number of ether oxygens (including phenoxy) is 3. The molecule has 0 radical (unpaired) electrons. The second-order valence-corrected chi connectivity index (χ2v) is 9.06. The summed E-state index contributed by atoms with van der Waals surface area (Å²) in [6, 6.07) is 21.8. The summed E-state index contributed by atoms with van der Waals surface area (Å²) < 4.78 is 17.7. The lowest BCUT2D eigenvalue weighted by Gasteiger charge is -2.18. The van der Waals surface area contributed by atoms with Gasteiger partial charge in [-0.2, -0.15) is 0 Å². The monoisotopic (exact) mass is 461 g/mol. The molecule has 5 nitrogen and oxygen atoms in total.